The Morgan fingerprint density at radius 1 is 0.964 bits per heavy atom. The Bertz CT molecular complexity index is 1130. The summed E-state index contributed by atoms with van der Waals surface area (Å²) < 4.78 is 0. The van der Waals surface area contributed by atoms with Crippen LogP contribution in [0.1, 0.15) is 41.8 Å². The molecular weight excluding hydrogens is 342 g/mol. The molecule has 1 atom stereocenters. The molecule has 3 aromatic carbocycles. The van der Waals surface area contributed by atoms with Crippen molar-refractivity contribution in [3.05, 3.63) is 95.2 Å². The molecule has 0 spiro atoms. The number of fused-ring (bicyclic) bond motifs is 2. The molecule has 0 saturated carbocycles. The van der Waals surface area contributed by atoms with Gasteiger partial charge in [0.2, 0.25) is 0 Å². The van der Waals surface area contributed by atoms with Crippen LogP contribution in [0.4, 0.5) is 0 Å². The quantitative estimate of drug-likeness (QED) is 0.637. The van der Waals surface area contributed by atoms with Crippen molar-refractivity contribution in [3.8, 4) is 0 Å². The van der Waals surface area contributed by atoms with Crippen LogP contribution in [0, 0.1) is 0 Å². The number of rotatable bonds is 2. The fourth-order valence-corrected chi connectivity index (χ4v) is 4.18. The minimum absolute atomic E-state index is 0.115. The van der Waals surface area contributed by atoms with Crippen molar-refractivity contribution in [2.45, 2.75) is 25.9 Å². The maximum absolute atomic E-state index is 4.91. The molecule has 0 bridgehead atoms. The van der Waals surface area contributed by atoms with Crippen LogP contribution in [-0.4, -0.2) is 5.84 Å². The molecule has 0 radical (unpaired) electrons. The summed E-state index contributed by atoms with van der Waals surface area (Å²) in [5, 5.41) is 9.53. The van der Waals surface area contributed by atoms with Crippen LogP contribution in [-0.2, 0) is 6.42 Å². The molecule has 2 N–H and O–H groups in total. The number of hydrogen-bond acceptors (Lipinski definition) is 3. The third kappa shape index (κ3) is 2.99. The molecule has 3 nitrogen and oxygen atoms in total. The molecule has 3 aromatic rings. The smallest absolute Gasteiger partial charge is 0.146 e. The molecule has 28 heavy (non-hydrogen) atoms. The molecule has 1 aliphatic heterocycles. The molecule has 1 aliphatic carbocycles. The van der Waals surface area contributed by atoms with Gasteiger partial charge in [-0.05, 0) is 41.7 Å². The van der Waals surface area contributed by atoms with Crippen molar-refractivity contribution in [2.75, 3.05) is 0 Å². The molecule has 2 aliphatic rings. The van der Waals surface area contributed by atoms with Crippen molar-refractivity contribution in [3.63, 3.8) is 0 Å². The average Bonchev–Trinajstić information content (AvgIpc) is 2.94. The van der Waals surface area contributed by atoms with Crippen LogP contribution < -0.4 is 10.6 Å². The van der Waals surface area contributed by atoms with Gasteiger partial charge < -0.3 is 10.6 Å². The number of nitrogens with one attached hydrogen (secondary N) is 2. The van der Waals surface area contributed by atoms with Crippen LogP contribution in [0.5, 0.6) is 0 Å². The fourth-order valence-electron chi connectivity index (χ4n) is 4.18. The van der Waals surface area contributed by atoms with Gasteiger partial charge in [0.15, 0.2) is 0 Å². The molecule has 0 saturated heterocycles. The van der Waals surface area contributed by atoms with Gasteiger partial charge in [0.05, 0.1) is 5.70 Å². The zero-order valence-corrected chi connectivity index (χ0v) is 15.9. The first-order chi connectivity index (χ1) is 13.8. The Morgan fingerprint density at radius 2 is 1.82 bits per heavy atom. The van der Waals surface area contributed by atoms with Gasteiger partial charge in [-0.1, -0.05) is 72.8 Å². The highest BCUT2D eigenvalue weighted by Gasteiger charge is 2.18. The summed E-state index contributed by atoms with van der Waals surface area (Å²) in [4.78, 5) is 4.91. The molecule has 1 unspecified atom stereocenters. The zero-order valence-electron chi connectivity index (χ0n) is 15.9. The Kier molecular flexibility index (Phi) is 4.21. The largest absolute Gasteiger partial charge is 0.364 e. The number of allylic oxidation sites excluding steroid dienone is 1. The Hall–Kier alpha value is -3.33. The lowest BCUT2D eigenvalue weighted by Gasteiger charge is -2.18. The SMILES string of the molecule is CC1=NC(c2cccc3ccccc23)NC=C(c2cccc3c2CCC=C3)N1. The van der Waals surface area contributed by atoms with E-state index in [4.69, 9.17) is 4.99 Å². The van der Waals surface area contributed by atoms with Gasteiger partial charge in [-0.2, -0.15) is 0 Å². The molecule has 138 valence electrons. The summed E-state index contributed by atoms with van der Waals surface area (Å²) in [6.07, 6.45) is 8.62. The van der Waals surface area contributed by atoms with E-state index in [9.17, 15) is 0 Å². The molecule has 5 rings (SSSR count). The number of amidine groups is 1. The summed E-state index contributed by atoms with van der Waals surface area (Å²) in [7, 11) is 0. The lowest BCUT2D eigenvalue weighted by molar-refractivity contribution is 0.665. The topological polar surface area (TPSA) is 36.4 Å². The second-order valence-corrected chi connectivity index (χ2v) is 7.35. The highest BCUT2D eigenvalue weighted by Crippen LogP contribution is 2.29. The van der Waals surface area contributed by atoms with E-state index in [1.807, 2.05) is 6.92 Å². The standard InChI is InChI=1S/C25H23N3/c1-17-27-24(22-14-6-10-18-8-2-4-12-20(18)22)16-26-25(28-17)23-15-7-11-19-9-3-5-13-21(19)23/h2-3,5-11,13-16,25-26H,4,12H2,1H3,(H,27,28). The average molecular weight is 365 g/mol. The Balaban J connectivity index is 1.55. The molecule has 3 heteroatoms. The van der Waals surface area contributed by atoms with Gasteiger partial charge in [-0.25, -0.2) is 4.99 Å². The van der Waals surface area contributed by atoms with Crippen molar-refractivity contribution in [1.29, 1.82) is 0 Å². The van der Waals surface area contributed by atoms with Gasteiger partial charge in [-0.3, -0.25) is 0 Å². The van der Waals surface area contributed by atoms with Crippen LogP contribution in [0.15, 0.2) is 77.9 Å². The summed E-state index contributed by atoms with van der Waals surface area (Å²) >= 11 is 0. The first-order valence-corrected chi connectivity index (χ1v) is 9.84. The van der Waals surface area contributed by atoms with Crippen LogP contribution in [0.25, 0.3) is 22.5 Å². The van der Waals surface area contributed by atoms with Gasteiger partial charge in [-0.15, -0.1) is 0 Å². The fraction of sp³-hybridized carbons (Fsp3) is 0.160. The van der Waals surface area contributed by atoms with E-state index < -0.39 is 0 Å². The van der Waals surface area contributed by atoms with Gasteiger partial charge in [0.1, 0.15) is 12.0 Å². The first kappa shape index (κ1) is 16.8. The summed E-state index contributed by atoms with van der Waals surface area (Å²) in [5.74, 6) is 0.915. The molecule has 0 fully saturated rings. The predicted octanol–water partition coefficient (Wildman–Crippen LogP) is 5.41. The lowest BCUT2D eigenvalue weighted by atomic mass is 9.91. The number of nitrogens with zero attached hydrogens (tertiary/aromatic N) is 1. The summed E-state index contributed by atoms with van der Waals surface area (Å²) in [6.45, 7) is 2.04. The third-order valence-electron chi connectivity index (χ3n) is 5.50. The minimum Gasteiger partial charge on any atom is -0.364 e. The Morgan fingerprint density at radius 3 is 2.79 bits per heavy atom. The third-order valence-corrected chi connectivity index (χ3v) is 5.50. The lowest BCUT2D eigenvalue weighted by Crippen LogP contribution is -2.19. The van der Waals surface area contributed by atoms with Crippen molar-refractivity contribution >= 4 is 28.4 Å². The van der Waals surface area contributed by atoms with E-state index in [2.05, 4.69) is 89.6 Å². The van der Waals surface area contributed by atoms with Gasteiger partial charge >= 0.3 is 0 Å². The van der Waals surface area contributed by atoms with E-state index in [0.29, 0.717) is 0 Å². The molecule has 0 amide bonds. The normalized spacial score (nSPS) is 18.4. The molecule has 1 heterocycles. The van der Waals surface area contributed by atoms with Crippen LogP contribution >= 0.6 is 0 Å². The minimum atomic E-state index is -0.115. The van der Waals surface area contributed by atoms with Crippen LogP contribution in [0.2, 0.25) is 0 Å². The summed E-state index contributed by atoms with van der Waals surface area (Å²) in [6, 6.07) is 21.4. The van der Waals surface area contributed by atoms with Gasteiger partial charge in [0, 0.05) is 17.3 Å². The number of aliphatic imine (C=N–C) groups is 1. The molecule has 0 aromatic heterocycles. The maximum atomic E-state index is 4.91. The van der Waals surface area contributed by atoms with Crippen molar-refractivity contribution in [2.24, 2.45) is 4.99 Å². The second kappa shape index (κ2) is 7.01. The molecular formula is C25H23N3. The predicted molar refractivity (Wildman–Crippen MR) is 118 cm³/mol. The maximum Gasteiger partial charge on any atom is 0.146 e. The van der Waals surface area contributed by atoms with E-state index in [1.165, 1.54) is 33.0 Å². The van der Waals surface area contributed by atoms with Crippen molar-refractivity contribution in [1.82, 2.24) is 10.6 Å². The number of hydrogen-bond donors (Lipinski definition) is 2. The van der Waals surface area contributed by atoms with E-state index in [1.54, 1.807) is 0 Å². The second-order valence-electron chi connectivity index (χ2n) is 7.35. The first-order valence-electron chi connectivity index (χ1n) is 9.84. The highest BCUT2D eigenvalue weighted by molar-refractivity contribution is 5.92. The van der Waals surface area contributed by atoms with E-state index in [0.717, 1.165) is 24.4 Å². The van der Waals surface area contributed by atoms with E-state index >= 15 is 0 Å². The van der Waals surface area contributed by atoms with Crippen molar-refractivity contribution < 1.29 is 0 Å². The summed E-state index contributed by atoms with van der Waals surface area (Å²) in [5.41, 5.74) is 6.24. The highest BCUT2D eigenvalue weighted by atomic mass is 15.1. The zero-order chi connectivity index (χ0) is 18.9. The van der Waals surface area contributed by atoms with E-state index in [-0.39, 0.29) is 6.17 Å². The van der Waals surface area contributed by atoms with Gasteiger partial charge in [0.25, 0.3) is 0 Å². The van der Waals surface area contributed by atoms with Crippen LogP contribution in [0.3, 0.4) is 0 Å². The monoisotopic (exact) mass is 365 g/mol. The Labute approximate surface area is 165 Å². The number of benzene rings is 3.